The molecule has 1 fully saturated rings. The third kappa shape index (κ3) is 40.8. The molecule has 0 aromatic heterocycles. The number of hydrogen-bond acceptors (Lipinski definition) is 8. The van der Waals surface area contributed by atoms with E-state index in [2.05, 4.69) is 26.2 Å². The quantitative estimate of drug-likeness (QED) is 0.0602. The lowest BCUT2D eigenvalue weighted by Crippen LogP contribution is -2.24. The Morgan fingerprint density at radius 1 is 0.615 bits per heavy atom. The molecular weight excluding hydrogens is 942 g/mol. The summed E-state index contributed by atoms with van der Waals surface area (Å²) in [5, 5.41) is 0. The summed E-state index contributed by atoms with van der Waals surface area (Å²) in [6.07, 6.45) is 2.56. The molecule has 5 aromatic rings. The third-order valence-electron chi connectivity index (χ3n) is 7.30. The van der Waals surface area contributed by atoms with Crippen molar-refractivity contribution in [2.75, 3.05) is 40.6 Å². The maximum atomic E-state index is 11.1. The van der Waals surface area contributed by atoms with Crippen LogP contribution in [0.5, 0.6) is 0 Å². The van der Waals surface area contributed by atoms with Gasteiger partial charge in [0, 0.05) is 47.7 Å². The van der Waals surface area contributed by atoms with Gasteiger partial charge in [-0.15, -0.1) is 0 Å². The van der Waals surface area contributed by atoms with Gasteiger partial charge in [-0.25, -0.2) is 0 Å². The zero-order valence-electron chi connectivity index (χ0n) is 42.3. The van der Waals surface area contributed by atoms with Gasteiger partial charge in [-0.2, -0.15) is 0 Å². The highest BCUT2D eigenvalue weighted by molar-refractivity contribution is 14.1. The van der Waals surface area contributed by atoms with Crippen molar-refractivity contribution >= 4 is 46.8 Å². The summed E-state index contributed by atoms with van der Waals surface area (Å²) in [6, 6.07) is 47.7. The van der Waals surface area contributed by atoms with Crippen molar-refractivity contribution in [2.24, 2.45) is 5.73 Å². The Morgan fingerprint density at radius 3 is 1.28 bits per heavy atom. The van der Waals surface area contributed by atoms with Gasteiger partial charge in [-0.1, -0.05) is 201 Å². The molecule has 1 atom stereocenters. The molecule has 1 heterocycles. The van der Waals surface area contributed by atoms with Crippen LogP contribution in [0.2, 0.25) is 19.6 Å². The van der Waals surface area contributed by atoms with E-state index in [1.54, 1.807) is 26.2 Å². The molecule has 0 spiro atoms. The normalized spacial score (nSPS) is 10.6. The van der Waals surface area contributed by atoms with Gasteiger partial charge in [0.05, 0.1) is 12.6 Å². The lowest BCUT2D eigenvalue weighted by Gasteiger charge is -2.20. The summed E-state index contributed by atoms with van der Waals surface area (Å²) in [5.74, 6) is 0.934. The van der Waals surface area contributed by atoms with Crippen LogP contribution in [-0.4, -0.2) is 60.5 Å². The zero-order chi connectivity index (χ0) is 50.2. The minimum absolute atomic E-state index is 0.00111. The van der Waals surface area contributed by atoms with Gasteiger partial charge >= 0.3 is 0 Å². The van der Waals surface area contributed by atoms with E-state index in [1.165, 1.54) is 20.0 Å². The number of benzene rings is 5. The van der Waals surface area contributed by atoms with Crippen molar-refractivity contribution in [3.05, 3.63) is 184 Å². The minimum Gasteiger partial charge on any atom is -0.544 e. The third-order valence-corrected chi connectivity index (χ3v) is 9.39. The fourth-order valence-electron chi connectivity index (χ4n) is 4.52. The number of Topliss-reactive ketones (excluding diaryl/α,β-unsaturated/α-hetero) is 2. The van der Waals surface area contributed by atoms with Crippen LogP contribution in [0.1, 0.15) is 113 Å². The minimum atomic E-state index is -1.50. The van der Waals surface area contributed by atoms with E-state index < -0.39 is 29.5 Å². The monoisotopic (exact) mass is 1030 g/mol. The predicted molar refractivity (Wildman–Crippen MR) is 290 cm³/mol. The summed E-state index contributed by atoms with van der Waals surface area (Å²) >= 11 is -0.941. The summed E-state index contributed by atoms with van der Waals surface area (Å²) in [6.45, 7) is 30.7. The molecular formula is C55H84INO7Si. The molecule has 362 valence electrons. The van der Waals surface area contributed by atoms with Crippen molar-refractivity contribution in [1.29, 1.82) is 0 Å². The Balaban J connectivity index is -0.000000337. The molecule has 1 unspecified atom stereocenters. The number of nitrogens with two attached hydrogens (primary N) is 1. The van der Waals surface area contributed by atoms with Gasteiger partial charge in [0.1, 0.15) is 12.4 Å². The van der Waals surface area contributed by atoms with E-state index >= 15 is 0 Å². The van der Waals surface area contributed by atoms with Crippen LogP contribution in [0.4, 0.5) is 0 Å². The van der Waals surface area contributed by atoms with Crippen molar-refractivity contribution in [3.8, 4) is 0 Å². The number of methoxy groups -OCH3 is 2. The molecule has 1 aliphatic heterocycles. The molecule has 0 amide bonds. The zero-order valence-corrected chi connectivity index (χ0v) is 45.4. The van der Waals surface area contributed by atoms with E-state index in [0.29, 0.717) is 12.2 Å². The molecule has 0 saturated carbocycles. The summed E-state index contributed by atoms with van der Waals surface area (Å²) < 4.78 is 31.6. The van der Waals surface area contributed by atoms with Crippen molar-refractivity contribution in [1.82, 2.24) is 0 Å². The number of halogens is 1. The number of carbonyl (C=O) groups excluding carboxylic acids is 2. The van der Waals surface area contributed by atoms with Gasteiger partial charge in [0.25, 0.3) is 0 Å². The van der Waals surface area contributed by atoms with Gasteiger partial charge in [0.15, 0.2) is 32.8 Å². The molecule has 6 rings (SSSR count). The number of rotatable bonds is 11. The molecule has 1 aliphatic rings. The van der Waals surface area contributed by atoms with Crippen LogP contribution in [0.3, 0.4) is 0 Å². The van der Waals surface area contributed by atoms with Gasteiger partial charge in [-0.05, 0) is 57.1 Å². The second kappa shape index (κ2) is 49.0. The lowest BCUT2D eigenvalue weighted by molar-refractivity contribution is 0.0847. The Bertz CT molecular complexity index is 1770. The number of ketones is 2. The first-order chi connectivity index (χ1) is 31.4. The highest BCUT2D eigenvalue weighted by Crippen LogP contribution is 2.18. The number of hydrogen-bond donors (Lipinski definition) is 1. The Hall–Kier alpha value is -4.43. The van der Waals surface area contributed by atoms with Crippen molar-refractivity contribution in [3.63, 3.8) is 0 Å². The molecule has 0 radical (unpaired) electrons. The van der Waals surface area contributed by atoms with Crippen molar-refractivity contribution < 1.29 is 31.3 Å². The highest BCUT2D eigenvalue weighted by atomic mass is 127. The van der Waals surface area contributed by atoms with Crippen LogP contribution in [0, 0.1) is 3.57 Å². The topological polar surface area (TPSA) is 114 Å². The number of carbonyl (C=O) groups is 2. The molecule has 8 nitrogen and oxygen atoms in total. The molecule has 0 bridgehead atoms. The van der Waals surface area contributed by atoms with Crippen molar-refractivity contribution in [2.45, 2.75) is 101 Å². The molecule has 5 aromatic carbocycles. The first kappa shape index (κ1) is 67.2. The second-order valence-corrected chi connectivity index (χ2v) is 19.4. The predicted octanol–water partition coefficient (Wildman–Crippen LogP) is 15.3. The fraction of sp³-hybridized carbons (Fsp3) is 0.382. The van der Waals surface area contributed by atoms with Crippen LogP contribution in [-0.2, 0) is 21.7 Å². The maximum Gasteiger partial charge on any atom is 0.242 e. The van der Waals surface area contributed by atoms with E-state index in [9.17, 15) is 12.7 Å². The second-order valence-electron chi connectivity index (χ2n) is 13.3. The van der Waals surface area contributed by atoms with Crippen LogP contribution < -0.4 is 5.73 Å². The van der Waals surface area contributed by atoms with E-state index in [0.717, 1.165) is 39.2 Å². The molecule has 2 N–H and O–H groups in total. The van der Waals surface area contributed by atoms with Crippen LogP contribution in [0.15, 0.2) is 158 Å². The lowest BCUT2D eigenvalue weighted by atomic mass is 10.1. The average Bonchev–Trinajstić information content (AvgIpc) is 3.97. The Labute approximate surface area is 407 Å². The first-order valence-corrected chi connectivity index (χ1v) is 28.0. The Kier molecular flexibility index (Phi) is 50.6. The summed E-state index contributed by atoms with van der Waals surface area (Å²) in [5.41, 5.74) is 9.45. The highest BCUT2D eigenvalue weighted by Gasteiger charge is 2.17. The molecule has 1 saturated heterocycles. The standard InChI is InChI=1S/C11H16OSi.C9H13NO.C9H10O2.C8H8O.C6H5IO.C4H8O.4C2H6/c1-10(12-13(2,3)4)11-8-6-5-7-9-11;2*1-11-7-9(10)8-5-3-2-4-6-8;1-7(9)8-5-3-2-4-6-8;8-7-6-4-2-1-3-5-6;1-2-4-5-3-1;4*1-2/h5-9H,1H2,2-4H3;2-6,9H,7,10H2,1H3;2-6H,7H2,1H3;2-6H,1H3;1-5H;1-4H2;4*1-2H3. The summed E-state index contributed by atoms with van der Waals surface area (Å²) in [4.78, 5) is 21.8. The molecule has 65 heavy (non-hydrogen) atoms. The average molecular weight is 1030 g/mol. The number of ether oxygens (including phenoxy) is 3. The first-order valence-electron chi connectivity index (χ1n) is 22.7. The smallest absolute Gasteiger partial charge is 0.242 e. The maximum absolute atomic E-state index is 11.1. The van der Waals surface area contributed by atoms with E-state index in [4.69, 9.17) is 24.4 Å². The van der Waals surface area contributed by atoms with Gasteiger partial charge in [-0.3, -0.25) is 12.7 Å². The SMILES string of the molecule is C1CCOC1.C=C(O[Si](C)(C)C)c1ccccc1.CC.CC.CC.CC.CC(=O)c1ccccc1.COCC(=O)c1ccccc1.COCC(N)c1ccccc1.O=Ic1ccccc1. The van der Waals surface area contributed by atoms with Crippen LogP contribution >= 0.6 is 21.2 Å². The van der Waals surface area contributed by atoms with Crippen LogP contribution in [0.25, 0.3) is 5.76 Å². The van der Waals surface area contributed by atoms with E-state index in [-0.39, 0.29) is 24.2 Å². The largest absolute Gasteiger partial charge is 0.544 e. The fourth-order valence-corrected chi connectivity index (χ4v) is 6.08. The molecule has 0 aliphatic carbocycles. The van der Waals surface area contributed by atoms with E-state index in [1.807, 2.05) is 195 Å². The van der Waals surface area contributed by atoms with Gasteiger partial charge < -0.3 is 24.4 Å². The Morgan fingerprint density at radius 2 is 0.985 bits per heavy atom. The van der Waals surface area contributed by atoms with Gasteiger partial charge in [0.2, 0.25) is 8.32 Å². The summed E-state index contributed by atoms with van der Waals surface area (Å²) in [7, 11) is 1.67. The molecule has 10 heteroatoms.